The molecule has 0 radical (unpaired) electrons. The predicted molar refractivity (Wildman–Crippen MR) is 92.7 cm³/mol. The van der Waals surface area contributed by atoms with E-state index in [4.69, 9.17) is 9.15 Å². The maximum absolute atomic E-state index is 11.9. The number of amides is 1. The average Bonchev–Trinajstić information content (AvgIpc) is 3.02. The Morgan fingerprint density at radius 2 is 1.83 bits per heavy atom. The summed E-state index contributed by atoms with van der Waals surface area (Å²) in [4.78, 5) is 11.9. The third-order valence-electron chi connectivity index (χ3n) is 3.13. The van der Waals surface area contributed by atoms with Crippen molar-refractivity contribution in [2.24, 2.45) is 0 Å². The lowest BCUT2D eigenvalue weighted by molar-refractivity contribution is -0.118. The first kappa shape index (κ1) is 16.2. The monoisotopic (exact) mass is 387 g/mol. The Labute approximate surface area is 147 Å². The number of aryl methyl sites for hydroxylation is 1. The van der Waals surface area contributed by atoms with Crippen LogP contribution in [0.1, 0.15) is 5.89 Å². The van der Waals surface area contributed by atoms with Gasteiger partial charge >= 0.3 is 0 Å². The summed E-state index contributed by atoms with van der Waals surface area (Å²) in [5.74, 6) is 1.32. The van der Waals surface area contributed by atoms with Gasteiger partial charge in [0.2, 0.25) is 11.8 Å². The van der Waals surface area contributed by atoms with E-state index in [1.165, 1.54) is 0 Å². The lowest BCUT2D eigenvalue weighted by Gasteiger charge is -2.08. The van der Waals surface area contributed by atoms with Crippen molar-refractivity contribution in [1.82, 2.24) is 10.2 Å². The van der Waals surface area contributed by atoms with Crippen LogP contribution >= 0.6 is 15.9 Å². The van der Waals surface area contributed by atoms with Crippen molar-refractivity contribution in [2.75, 3.05) is 11.9 Å². The van der Waals surface area contributed by atoms with E-state index in [2.05, 4.69) is 31.4 Å². The van der Waals surface area contributed by atoms with Crippen molar-refractivity contribution in [1.29, 1.82) is 0 Å². The van der Waals surface area contributed by atoms with Gasteiger partial charge < -0.3 is 14.5 Å². The van der Waals surface area contributed by atoms with Crippen LogP contribution < -0.4 is 10.1 Å². The molecule has 0 atom stereocenters. The van der Waals surface area contributed by atoms with Crippen molar-refractivity contribution < 1.29 is 13.9 Å². The third kappa shape index (κ3) is 4.20. The number of benzene rings is 2. The summed E-state index contributed by atoms with van der Waals surface area (Å²) in [7, 11) is 0. The van der Waals surface area contributed by atoms with Gasteiger partial charge in [-0.05, 0) is 48.5 Å². The normalized spacial score (nSPS) is 10.4. The lowest BCUT2D eigenvalue weighted by atomic mass is 10.2. The largest absolute Gasteiger partial charge is 0.484 e. The highest BCUT2D eigenvalue weighted by molar-refractivity contribution is 9.10. The minimum atomic E-state index is -0.228. The molecule has 0 saturated heterocycles. The highest BCUT2D eigenvalue weighted by Gasteiger charge is 2.07. The van der Waals surface area contributed by atoms with E-state index in [1.54, 1.807) is 31.2 Å². The first-order valence-electron chi connectivity index (χ1n) is 7.19. The van der Waals surface area contributed by atoms with Crippen molar-refractivity contribution >= 4 is 27.5 Å². The van der Waals surface area contributed by atoms with Gasteiger partial charge in [0.25, 0.3) is 5.91 Å². The van der Waals surface area contributed by atoms with Gasteiger partial charge in [0.05, 0.1) is 0 Å². The Morgan fingerprint density at radius 1 is 1.12 bits per heavy atom. The summed E-state index contributed by atoms with van der Waals surface area (Å²) in [6, 6.07) is 14.4. The molecule has 7 heteroatoms. The zero-order valence-corrected chi connectivity index (χ0v) is 14.4. The van der Waals surface area contributed by atoms with Gasteiger partial charge in [-0.25, -0.2) is 0 Å². The number of ether oxygens (including phenoxy) is 1. The minimum absolute atomic E-state index is 0.0743. The van der Waals surface area contributed by atoms with Gasteiger partial charge in [0.1, 0.15) is 5.75 Å². The van der Waals surface area contributed by atoms with E-state index in [0.717, 1.165) is 10.0 Å². The van der Waals surface area contributed by atoms with Crippen molar-refractivity contribution in [3.8, 4) is 17.2 Å². The first-order valence-corrected chi connectivity index (χ1v) is 7.98. The molecule has 122 valence electrons. The molecule has 0 unspecified atom stereocenters. The number of nitrogens with zero attached hydrogens (tertiary/aromatic N) is 2. The molecule has 24 heavy (non-hydrogen) atoms. The van der Waals surface area contributed by atoms with Gasteiger partial charge in [-0.3, -0.25) is 4.79 Å². The summed E-state index contributed by atoms with van der Waals surface area (Å²) >= 11 is 3.34. The number of nitrogens with one attached hydrogen (secondary N) is 1. The van der Waals surface area contributed by atoms with Crippen molar-refractivity contribution in [2.45, 2.75) is 6.92 Å². The highest BCUT2D eigenvalue weighted by atomic mass is 79.9. The van der Waals surface area contributed by atoms with Crippen LogP contribution in [-0.2, 0) is 4.79 Å². The van der Waals surface area contributed by atoms with E-state index in [0.29, 0.717) is 23.2 Å². The maximum atomic E-state index is 11.9. The fourth-order valence-electron chi connectivity index (χ4n) is 1.99. The molecular weight excluding hydrogens is 374 g/mol. The van der Waals surface area contributed by atoms with Gasteiger partial charge in [-0.2, -0.15) is 0 Å². The molecule has 0 spiro atoms. The van der Waals surface area contributed by atoms with Gasteiger partial charge in [-0.1, -0.05) is 15.9 Å². The van der Waals surface area contributed by atoms with E-state index >= 15 is 0 Å². The van der Waals surface area contributed by atoms with Crippen LogP contribution in [0.4, 0.5) is 5.69 Å². The molecule has 0 aliphatic heterocycles. The Kier molecular flexibility index (Phi) is 4.90. The second-order valence-electron chi connectivity index (χ2n) is 4.99. The average molecular weight is 388 g/mol. The molecule has 0 saturated carbocycles. The molecule has 1 N–H and O–H groups in total. The van der Waals surface area contributed by atoms with Gasteiger partial charge in [0.15, 0.2) is 6.61 Å². The molecule has 6 nitrogen and oxygen atoms in total. The third-order valence-corrected chi connectivity index (χ3v) is 3.65. The molecule has 0 fully saturated rings. The van der Waals surface area contributed by atoms with Gasteiger partial charge in [-0.15, -0.1) is 10.2 Å². The molecule has 2 aromatic carbocycles. The molecule has 1 heterocycles. The fourth-order valence-corrected chi connectivity index (χ4v) is 2.25. The molecule has 1 amide bonds. The highest BCUT2D eigenvalue weighted by Crippen LogP contribution is 2.21. The number of anilines is 1. The topological polar surface area (TPSA) is 77.2 Å². The Balaban J connectivity index is 1.54. The number of rotatable bonds is 5. The van der Waals surface area contributed by atoms with E-state index in [1.807, 2.05) is 24.3 Å². The number of halogens is 1. The number of hydrogen-bond acceptors (Lipinski definition) is 5. The van der Waals surface area contributed by atoms with Crippen LogP contribution in [0.15, 0.2) is 57.4 Å². The van der Waals surface area contributed by atoms with E-state index in [9.17, 15) is 4.79 Å². The summed E-state index contributed by atoms with van der Waals surface area (Å²) in [6.45, 7) is 1.66. The maximum Gasteiger partial charge on any atom is 0.262 e. The van der Waals surface area contributed by atoms with Crippen LogP contribution in [0.5, 0.6) is 5.75 Å². The fraction of sp³-hybridized carbons (Fsp3) is 0.118. The number of aromatic nitrogens is 2. The molecule has 0 bridgehead atoms. The van der Waals surface area contributed by atoms with Crippen LogP contribution in [-0.4, -0.2) is 22.7 Å². The lowest BCUT2D eigenvalue weighted by Crippen LogP contribution is -2.20. The second-order valence-corrected chi connectivity index (χ2v) is 5.91. The molecule has 1 aromatic heterocycles. The zero-order valence-electron chi connectivity index (χ0n) is 12.8. The Hall–Kier alpha value is -2.67. The molecule has 3 aromatic rings. The predicted octanol–water partition coefficient (Wildman–Crippen LogP) is 3.83. The van der Waals surface area contributed by atoms with Crippen LogP contribution in [0.2, 0.25) is 0 Å². The van der Waals surface area contributed by atoms with E-state index < -0.39 is 0 Å². The SMILES string of the molecule is Cc1nnc(-c2ccc(OCC(=O)Nc3ccc(Br)cc3)cc2)o1. The van der Waals surface area contributed by atoms with Crippen LogP contribution in [0.3, 0.4) is 0 Å². The molecule has 0 aliphatic carbocycles. The second kappa shape index (κ2) is 7.27. The Bertz CT molecular complexity index is 829. The summed E-state index contributed by atoms with van der Waals surface area (Å²) in [6.07, 6.45) is 0. The summed E-state index contributed by atoms with van der Waals surface area (Å²) in [5, 5.41) is 10.5. The number of carbonyl (C=O) groups excluding carboxylic acids is 1. The van der Waals surface area contributed by atoms with Crippen molar-refractivity contribution in [3.63, 3.8) is 0 Å². The zero-order chi connectivity index (χ0) is 16.9. The summed E-state index contributed by atoms with van der Waals surface area (Å²) in [5.41, 5.74) is 1.51. The standard InChI is InChI=1S/C17H14BrN3O3/c1-11-20-21-17(24-11)12-2-8-15(9-3-12)23-10-16(22)19-14-6-4-13(18)5-7-14/h2-9H,10H2,1H3,(H,19,22). The molecule has 0 aliphatic rings. The van der Waals surface area contributed by atoms with Gasteiger partial charge in [0, 0.05) is 22.6 Å². The smallest absolute Gasteiger partial charge is 0.262 e. The Morgan fingerprint density at radius 3 is 2.46 bits per heavy atom. The van der Waals surface area contributed by atoms with E-state index in [-0.39, 0.29) is 12.5 Å². The van der Waals surface area contributed by atoms with Crippen molar-refractivity contribution in [3.05, 3.63) is 58.9 Å². The quantitative estimate of drug-likeness (QED) is 0.719. The number of hydrogen-bond donors (Lipinski definition) is 1. The molecule has 3 rings (SSSR count). The number of carbonyl (C=O) groups is 1. The van der Waals surface area contributed by atoms with Crippen LogP contribution in [0.25, 0.3) is 11.5 Å². The summed E-state index contributed by atoms with van der Waals surface area (Å²) < 4.78 is 11.8. The van der Waals surface area contributed by atoms with Crippen LogP contribution in [0, 0.1) is 6.92 Å². The molecular formula is C17H14BrN3O3. The first-order chi connectivity index (χ1) is 11.6. The minimum Gasteiger partial charge on any atom is -0.484 e.